The first kappa shape index (κ1) is 20.8. The number of ether oxygens (including phenoxy) is 1. The van der Waals surface area contributed by atoms with Gasteiger partial charge in [0.1, 0.15) is 0 Å². The molecule has 1 aliphatic rings. The maximum atomic E-state index is 12.5. The van der Waals surface area contributed by atoms with Crippen molar-refractivity contribution in [2.24, 2.45) is 17.3 Å². The predicted octanol–water partition coefficient (Wildman–Crippen LogP) is 4.79. The van der Waals surface area contributed by atoms with Gasteiger partial charge >= 0.3 is 0 Å². The Labute approximate surface area is 163 Å². The van der Waals surface area contributed by atoms with Crippen LogP contribution in [0, 0.1) is 17.3 Å². The van der Waals surface area contributed by atoms with Gasteiger partial charge in [-0.25, -0.2) is 0 Å². The summed E-state index contributed by atoms with van der Waals surface area (Å²) in [5.41, 5.74) is 3.86. The number of hydrogen-bond donors (Lipinski definition) is 1. The van der Waals surface area contributed by atoms with Crippen molar-refractivity contribution in [3.63, 3.8) is 0 Å². The fraction of sp³-hybridized carbons (Fsp3) is 0.545. The van der Waals surface area contributed by atoms with Crippen LogP contribution in [0.25, 0.3) is 5.70 Å². The molecule has 0 heterocycles. The Morgan fingerprint density at radius 3 is 2.58 bits per heavy atom. The number of Topliss-reactive ketones (excluding diaryl/α,β-unsaturated/α-hetero) is 1. The Morgan fingerprint density at radius 1 is 1.31 bits per heavy atom. The van der Waals surface area contributed by atoms with E-state index in [1.165, 1.54) is 5.56 Å². The fourth-order valence-corrected chi connectivity index (χ4v) is 4.12. The molecule has 3 nitrogen and oxygen atoms in total. The third-order valence-electron chi connectivity index (χ3n) is 5.49. The molecule has 0 saturated carbocycles. The average Bonchev–Trinajstić information content (AvgIpc) is 2.57. The van der Waals surface area contributed by atoms with Crippen LogP contribution >= 0.6 is 12.2 Å². The van der Waals surface area contributed by atoms with Gasteiger partial charge in [-0.3, -0.25) is 4.79 Å². The summed E-state index contributed by atoms with van der Waals surface area (Å²) in [4.78, 5) is 13.3. The van der Waals surface area contributed by atoms with Gasteiger partial charge in [0.2, 0.25) is 0 Å². The number of carbonyl (C=O) groups excluding carboxylic acids is 1. The Balaban J connectivity index is 2.39. The number of fused-ring (bicyclic) bond motifs is 1. The van der Waals surface area contributed by atoms with E-state index in [0.717, 1.165) is 41.3 Å². The summed E-state index contributed by atoms with van der Waals surface area (Å²) in [7, 11) is 1.72. The zero-order valence-electron chi connectivity index (χ0n) is 16.8. The summed E-state index contributed by atoms with van der Waals surface area (Å²) in [6.45, 7) is 11.0. The highest BCUT2D eigenvalue weighted by atomic mass is 32.1. The van der Waals surface area contributed by atoms with Gasteiger partial charge in [-0.2, -0.15) is 0 Å². The minimum atomic E-state index is -0.219. The third-order valence-corrected chi connectivity index (χ3v) is 5.96. The fourth-order valence-electron chi connectivity index (χ4n) is 3.79. The topological polar surface area (TPSA) is 38.3 Å². The predicted molar refractivity (Wildman–Crippen MR) is 112 cm³/mol. The molecular weight excluding hydrogens is 342 g/mol. The van der Waals surface area contributed by atoms with E-state index >= 15 is 0 Å². The lowest BCUT2D eigenvalue weighted by Crippen LogP contribution is -2.37. The minimum Gasteiger partial charge on any atom is -0.385 e. The largest absolute Gasteiger partial charge is 0.385 e. The molecule has 0 saturated heterocycles. The summed E-state index contributed by atoms with van der Waals surface area (Å²) in [5, 5.41) is 3.47. The SMILES string of the molecule is COCCC(C)C(C)C(=S)NC1=C(C(C)=O)C(C)(C)Cc2ccccc21. The monoisotopic (exact) mass is 373 g/mol. The van der Waals surface area contributed by atoms with Crippen molar-refractivity contribution in [3.8, 4) is 0 Å². The first-order valence-electron chi connectivity index (χ1n) is 9.32. The van der Waals surface area contributed by atoms with Gasteiger partial charge in [0.25, 0.3) is 0 Å². The molecule has 0 amide bonds. The molecule has 0 fully saturated rings. The quantitative estimate of drug-likeness (QED) is 0.697. The Bertz CT molecular complexity index is 721. The van der Waals surface area contributed by atoms with Crippen LogP contribution in [-0.2, 0) is 16.0 Å². The van der Waals surface area contributed by atoms with E-state index in [9.17, 15) is 4.79 Å². The molecular formula is C22H31NO2S. The lowest BCUT2D eigenvalue weighted by atomic mass is 9.70. The van der Waals surface area contributed by atoms with Crippen molar-refractivity contribution in [1.29, 1.82) is 0 Å². The van der Waals surface area contributed by atoms with Crippen molar-refractivity contribution < 1.29 is 9.53 Å². The zero-order valence-corrected chi connectivity index (χ0v) is 17.6. The molecule has 0 aliphatic heterocycles. The number of carbonyl (C=O) groups is 1. The molecule has 142 valence electrons. The van der Waals surface area contributed by atoms with Gasteiger partial charge in [0.05, 0.1) is 10.7 Å². The Hall–Kier alpha value is -1.52. The van der Waals surface area contributed by atoms with Crippen molar-refractivity contribution in [3.05, 3.63) is 41.0 Å². The van der Waals surface area contributed by atoms with Crippen LogP contribution in [0.2, 0.25) is 0 Å². The highest BCUT2D eigenvalue weighted by molar-refractivity contribution is 7.80. The van der Waals surface area contributed by atoms with Crippen LogP contribution < -0.4 is 5.32 Å². The van der Waals surface area contributed by atoms with E-state index in [4.69, 9.17) is 17.0 Å². The first-order valence-corrected chi connectivity index (χ1v) is 9.73. The van der Waals surface area contributed by atoms with E-state index in [1.54, 1.807) is 14.0 Å². The van der Waals surface area contributed by atoms with Crippen LogP contribution in [-0.4, -0.2) is 24.5 Å². The van der Waals surface area contributed by atoms with E-state index in [2.05, 4.69) is 51.2 Å². The molecule has 0 radical (unpaired) electrons. The summed E-state index contributed by atoms with van der Waals surface area (Å²) >= 11 is 5.73. The normalized spacial score (nSPS) is 18.1. The van der Waals surface area contributed by atoms with Crippen molar-refractivity contribution >= 4 is 28.7 Å². The molecule has 26 heavy (non-hydrogen) atoms. The van der Waals surface area contributed by atoms with Gasteiger partial charge in [0, 0.05) is 30.8 Å². The maximum Gasteiger partial charge on any atom is 0.158 e. The number of thiocarbonyl (C=S) groups is 1. The molecule has 1 N–H and O–H groups in total. The molecule has 1 aromatic carbocycles. The second-order valence-electron chi connectivity index (χ2n) is 8.06. The van der Waals surface area contributed by atoms with Gasteiger partial charge in [0.15, 0.2) is 5.78 Å². The Kier molecular flexibility index (Phi) is 6.75. The van der Waals surface area contributed by atoms with Crippen LogP contribution in [0.1, 0.15) is 52.2 Å². The molecule has 4 heteroatoms. The molecule has 2 atom stereocenters. The summed E-state index contributed by atoms with van der Waals surface area (Å²) in [5.74, 6) is 0.719. The number of allylic oxidation sites excluding steroid dienone is 1. The average molecular weight is 374 g/mol. The Morgan fingerprint density at radius 2 is 1.96 bits per heavy atom. The van der Waals surface area contributed by atoms with Crippen molar-refractivity contribution in [2.75, 3.05) is 13.7 Å². The van der Waals surface area contributed by atoms with Gasteiger partial charge in [-0.05, 0) is 36.7 Å². The molecule has 1 aromatic rings. The molecule has 2 unspecified atom stereocenters. The molecule has 2 rings (SSSR count). The highest BCUT2D eigenvalue weighted by Gasteiger charge is 2.36. The van der Waals surface area contributed by atoms with E-state index < -0.39 is 0 Å². The number of nitrogens with one attached hydrogen (secondary N) is 1. The van der Waals surface area contributed by atoms with Crippen LogP contribution in [0.3, 0.4) is 0 Å². The van der Waals surface area contributed by atoms with Crippen LogP contribution in [0.4, 0.5) is 0 Å². The third kappa shape index (κ3) is 4.41. The standard InChI is InChI=1S/C22H31NO2S/c1-14(11-12-25-6)15(2)21(26)23-20-18-10-8-7-9-17(18)13-22(4,5)19(20)16(3)24/h7-10,14-15H,11-13H2,1-6H3,(H,23,26). The van der Waals surface area contributed by atoms with Crippen molar-refractivity contribution in [1.82, 2.24) is 5.32 Å². The molecule has 0 spiro atoms. The number of hydrogen-bond acceptors (Lipinski definition) is 3. The lowest BCUT2D eigenvalue weighted by Gasteiger charge is -2.36. The van der Waals surface area contributed by atoms with E-state index in [0.29, 0.717) is 5.92 Å². The maximum absolute atomic E-state index is 12.5. The smallest absolute Gasteiger partial charge is 0.158 e. The second kappa shape index (κ2) is 8.45. The number of rotatable bonds is 7. The van der Waals surface area contributed by atoms with Crippen LogP contribution in [0.15, 0.2) is 29.8 Å². The minimum absolute atomic E-state index is 0.106. The van der Waals surface area contributed by atoms with Gasteiger partial charge in [-0.1, -0.05) is 64.2 Å². The zero-order chi connectivity index (χ0) is 19.5. The van der Waals surface area contributed by atoms with Crippen molar-refractivity contribution in [2.45, 2.75) is 47.5 Å². The van der Waals surface area contributed by atoms with E-state index in [1.807, 2.05) is 6.07 Å². The highest BCUT2D eigenvalue weighted by Crippen LogP contribution is 2.42. The van der Waals surface area contributed by atoms with E-state index in [-0.39, 0.29) is 17.1 Å². The van der Waals surface area contributed by atoms with Gasteiger partial charge in [-0.15, -0.1) is 0 Å². The summed E-state index contributed by atoms with van der Waals surface area (Å²) < 4.78 is 5.20. The molecule has 0 bridgehead atoms. The molecule has 0 aromatic heterocycles. The lowest BCUT2D eigenvalue weighted by molar-refractivity contribution is -0.114. The first-order chi connectivity index (χ1) is 12.2. The van der Waals surface area contributed by atoms with Gasteiger partial charge < -0.3 is 10.1 Å². The summed E-state index contributed by atoms with van der Waals surface area (Å²) in [6.07, 6.45) is 1.82. The molecule has 1 aliphatic carbocycles. The number of ketones is 1. The number of methoxy groups -OCH3 is 1. The summed E-state index contributed by atoms with van der Waals surface area (Å²) in [6, 6.07) is 8.30. The number of benzene rings is 1. The van der Waals surface area contributed by atoms with Crippen LogP contribution in [0.5, 0.6) is 0 Å². The second-order valence-corrected chi connectivity index (χ2v) is 8.50.